The lowest BCUT2D eigenvalue weighted by molar-refractivity contribution is 0.130. The molecule has 0 heterocycles. The van der Waals surface area contributed by atoms with Crippen LogP contribution in [0.2, 0.25) is 0 Å². The summed E-state index contributed by atoms with van der Waals surface area (Å²) in [6.45, 7) is 6.68. The first-order valence-electron chi connectivity index (χ1n) is 6.75. The molecule has 1 aromatic carbocycles. The minimum Gasteiger partial charge on any atom is -0.449 e. The summed E-state index contributed by atoms with van der Waals surface area (Å²) in [4.78, 5) is 11.6. The van der Waals surface area contributed by atoms with Crippen LogP contribution < -0.4 is 11.1 Å². The molecule has 20 heavy (non-hydrogen) atoms. The molecule has 0 aliphatic heterocycles. The Morgan fingerprint density at radius 3 is 2.50 bits per heavy atom. The maximum Gasteiger partial charge on any atom is 0.407 e. The highest BCUT2D eigenvalue weighted by Gasteiger charge is 2.10. The monoisotopic (exact) mass is 274 g/mol. The summed E-state index contributed by atoms with van der Waals surface area (Å²) in [5.74, 6) is 6.09. The number of nitrogens with one attached hydrogen (secondary N) is 1. The van der Waals surface area contributed by atoms with Gasteiger partial charge in [0, 0.05) is 5.56 Å². The number of ether oxygens (including phenoxy) is 1. The van der Waals surface area contributed by atoms with Gasteiger partial charge in [-0.1, -0.05) is 37.8 Å². The van der Waals surface area contributed by atoms with Gasteiger partial charge in [0.25, 0.3) is 0 Å². The molecule has 3 N–H and O–H groups in total. The largest absolute Gasteiger partial charge is 0.449 e. The smallest absolute Gasteiger partial charge is 0.407 e. The molecule has 0 fully saturated rings. The first-order valence-corrected chi connectivity index (χ1v) is 6.75. The normalized spacial score (nSPS) is 11.4. The maximum absolute atomic E-state index is 11.6. The number of amides is 1. The molecular weight excluding hydrogens is 252 g/mol. The number of carbonyl (C=O) groups is 1. The SMILES string of the molecule is CC(C)COC(=O)NC(C)c1ccc(C#CCN)cc1. The van der Waals surface area contributed by atoms with Crippen molar-refractivity contribution in [1.29, 1.82) is 0 Å². The predicted octanol–water partition coefficient (Wildman–Crippen LogP) is 2.44. The number of hydrogen-bond acceptors (Lipinski definition) is 3. The maximum atomic E-state index is 11.6. The number of nitrogens with two attached hydrogens (primary N) is 1. The van der Waals surface area contributed by atoms with Crippen LogP contribution in [0.1, 0.15) is 37.9 Å². The van der Waals surface area contributed by atoms with E-state index in [9.17, 15) is 4.79 Å². The van der Waals surface area contributed by atoms with Crippen LogP contribution in [-0.2, 0) is 4.74 Å². The third kappa shape index (κ3) is 5.77. The molecule has 0 spiro atoms. The zero-order valence-corrected chi connectivity index (χ0v) is 12.3. The van der Waals surface area contributed by atoms with E-state index in [0.717, 1.165) is 11.1 Å². The zero-order valence-electron chi connectivity index (χ0n) is 12.3. The van der Waals surface area contributed by atoms with Crippen molar-refractivity contribution >= 4 is 6.09 Å². The Balaban J connectivity index is 2.55. The average molecular weight is 274 g/mol. The molecular formula is C16H22N2O2. The lowest BCUT2D eigenvalue weighted by atomic mass is 10.1. The van der Waals surface area contributed by atoms with Crippen LogP contribution in [0.4, 0.5) is 4.79 Å². The molecule has 4 nitrogen and oxygen atoms in total. The highest BCUT2D eigenvalue weighted by Crippen LogP contribution is 2.13. The molecule has 1 aromatic rings. The second-order valence-electron chi connectivity index (χ2n) is 4.99. The first kappa shape index (κ1) is 16.1. The van der Waals surface area contributed by atoms with Gasteiger partial charge in [-0.3, -0.25) is 0 Å². The summed E-state index contributed by atoms with van der Waals surface area (Å²) in [5.41, 5.74) is 7.24. The van der Waals surface area contributed by atoms with Crippen LogP contribution in [-0.4, -0.2) is 19.2 Å². The Labute approximate surface area is 120 Å². The van der Waals surface area contributed by atoms with E-state index < -0.39 is 6.09 Å². The van der Waals surface area contributed by atoms with Gasteiger partial charge in [0.15, 0.2) is 0 Å². The lowest BCUT2D eigenvalue weighted by Gasteiger charge is -2.15. The molecule has 4 heteroatoms. The van der Waals surface area contributed by atoms with Gasteiger partial charge >= 0.3 is 6.09 Å². The van der Waals surface area contributed by atoms with Gasteiger partial charge in [-0.2, -0.15) is 0 Å². The fourth-order valence-electron chi connectivity index (χ4n) is 1.55. The van der Waals surface area contributed by atoms with E-state index in [1.54, 1.807) is 0 Å². The van der Waals surface area contributed by atoms with Crippen molar-refractivity contribution in [3.8, 4) is 11.8 Å². The van der Waals surface area contributed by atoms with Crippen molar-refractivity contribution in [2.75, 3.05) is 13.2 Å². The molecule has 108 valence electrons. The van der Waals surface area contributed by atoms with Crippen molar-refractivity contribution in [1.82, 2.24) is 5.32 Å². The Morgan fingerprint density at radius 1 is 1.30 bits per heavy atom. The average Bonchev–Trinajstić information content (AvgIpc) is 2.43. The molecule has 0 radical (unpaired) electrons. The van der Waals surface area contributed by atoms with Gasteiger partial charge in [-0.05, 0) is 30.5 Å². The van der Waals surface area contributed by atoms with E-state index in [1.807, 2.05) is 45.0 Å². The summed E-state index contributed by atoms with van der Waals surface area (Å²) < 4.78 is 5.09. The fraction of sp³-hybridized carbons (Fsp3) is 0.438. The third-order valence-electron chi connectivity index (χ3n) is 2.63. The molecule has 0 saturated heterocycles. The van der Waals surface area contributed by atoms with Crippen molar-refractivity contribution in [2.24, 2.45) is 11.7 Å². The molecule has 0 aromatic heterocycles. The predicted molar refractivity (Wildman–Crippen MR) is 80.1 cm³/mol. The van der Waals surface area contributed by atoms with Gasteiger partial charge in [-0.15, -0.1) is 0 Å². The summed E-state index contributed by atoms with van der Waals surface area (Å²) in [7, 11) is 0. The Morgan fingerprint density at radius 2 is 1.95 bits per heavy atom. The van der Waals surface area contributed by atoms with E-state index >= 15 is 0 Å². The van der Waals surface area contributed by atoms with Crippen LogP contribution in [0.15, 0.2) is 24.3 Å². The Bertz CT molecular complexity index is 483. The highest BCUT2D eigenvalue weighted by atomic mass is 16.5. The molecule has 1 atom stereocenters. The third-order valence-corrected chi connectivity index (χ3v) is 2.63. The lowest BCUT2D eigenvalue weighted by Crippen LogP contribution is -2.28. The Hall–Kier alpha value is -1.99. The fourth-order valence-corrected chi connectivity index (χ4v) is 1.55. The van der Waals surface area contributed by atoms with Gasteiger partial charge < -0.3 is 15.8 Å². The van der Waals surface area contributed by atoms with Gasteiger partial charge in [0.2, 0.25) is 0 Å². The minimum atomic E-state index is -0.391. The summed E-state index contributed by atoms with van der Waals surface area (Å²) in [5, 5.41) is 2.80. The van der Waals surface area contributed by atoms with E-state index in [1.165, 1.54) is 0 Å². The topological polar surface area (TPSA) is 64.3 Å². The van der Waals surface area contributed by atoms with Crippen molar-refractivity contribution < 1.29 is 9.53 Å². The van der Waals surface area contributed by atoms with Crippen molar-refractivity contribution in [3.63, 3.8) is 0 Å². The molecule has 1 rings (SSSR count). The van der Waals surface area contributed by atoms with E-state index in [-0.39, 0.29) is 6.04 Å². The van der Waals surface area contributed by atoms with Gasteiger partial charge in [-0.25, -0.2) is 4.79 Å². The van der Waals surface area contributed by atoms with Crippen LogP contribution in [0.5, 0.6) is 0 Å². The summed E-state index contributed by atoms with van der Waals surface area (Å²) in [6, 6.07) is 7.60. The number of rotatable bonds is 4. The Kier molecular flexibility index (Phi) is 6.61. The van der Waals surface area contributed by atoms with E-state index in [2.05, 4.69) is 17.2 Å². The molecule has 0 aliphatic carbocycles. The number of hydrogen-bond donors (Lipinski definition) is 2. The van der Waals surface area contributed by atoms with E-state index in [0.29, 0.717) is 19.1 Å². The van der Waals surface area contributed by atoms with Crippen molar-refractivity contribution in [2.45, 2.75) is 26.8 Å². The highest BCUT2D eigenvalue weighted by molar-refractivity contribution is 5.67. The number of alkyl carbamates (subject to hydrolysis) is 1. The number of carbonyl (C=O) groups excluding carboxylic acids is 1. The molecule has 0 aliphatic rings. The van der Waals surface area contributed by atoms with Gasteiger partial charge in [0.1, 0.15) is 0 Å². The standard InChI is InChI=1S/C16H22N2O2/c1-12(2)11-20-16(19)18-13(3)15-8-6-14(7-9-15)5-4-10-17/h6-9,12-13H,10-11,17H2,1-3H3,(H,18,19). The molecule has 0 bridgehead atoms. The van der Waals surface area contributed by atoms with E-state index in [4.69, 9.17) is 10.5 Å². The van der Waals surface area contributed by atoms with Gasteiger partial charge in [0.05, 0.1) is 19.2 Å². The molecule has 0 saturated carbocycles. The second kappa shape index (κ2) is 8.23. The van der Waals surface area contributed by atoms with Crippen LogP contribution in [0.3, 0.4) is 0 Å². The number of benzene rings is 1. The van der Waals surface area contributed by atoms with Crippen molar-refractivity contribution in [3.05, 3.63) is 35.4 Å². The second-order valence-corrected chi connectivity index (χ2v) is 4.99. The van der Waals surface area contributed by atoms with Crippen LogP contribution in [0.25, 0.3) is 0 Å². The first-order chi connectivity index (χ1) is 9.52. The molecule has 1 unspecified atom stereocenters. The van der Waals surface area contributed by atoms with Crippen LogP contribution >= 0.6 is 0 Å². The minimum absolute atomic E-state index is 0.105. The molecule has 1 amide bonds. The zero-order chi connectivity index (χ0) is 15.0. The summed E-state index contributed by atoms with van der Waals surface area (Å²) >= 11 is 0. The quantitative estimate of drug-likeness (QED) is 0.829. The van der Waals surface area contributed by atoms with Crippen LogP contribution in [0, 0.1) is 17.8 Å². The summed E-state index contributed by atoms with van der Waals surface area (Å²) in [6.07, 6.45) is -0.391.